The van der Waals surface area contributed by atoms with E-state index >= 15 is 0 Å². The highest BCUT2D eigenvalue weighted by Crippen LogP contribution is 2.38. The van der Waals surface area contributed by atoms with Gasteiger partial charge in [0, 0.05) is 12.1 Å². The second-order valence-electron chi connectivity index (χ2n) is 4.91. The lowest BCUT2D eigenvalue weighted by Gasteiger charge is -2.16. The fourth-order valence-corrected chi connectivity index (χ4v) is 2.13. The number of halogens is 4. The molecule has 0 saturated heterocycles. The Balaban J connectivity index is 2.78. The molecule has 0 aliphatic carbocycles. The molecule has 1 aromatic heterocycles. The van der Waals surface area contributed by atoms with Crippen molar-refractivity contribution in [2.24, 2.45) is 10.9 Å². The normalized spacial score (nSPS) is 11.9. The van der Waals surface area contributed by atoms with Crippen LogP contribution in [0.5, 0.6) is 5.88 Å². The quantitative estimate of drug-likeness (QED) is 0.287. The van der Waals surface area contributed by atoms with E-state index in [2.05, 4.69) is 15.1 Å². The molecule has 0 radical (unpaired) electrons. The molecule has 0 aliphatic heterocycles. The second kappa shape index (κ2) is 6.91. The summed E-state index contributed by atoms with van der Waals surface area (Å²) in [6, 6.07) is 0.983. The predicted molar refractivity (Wildman–Crippen MR) is 80.6 cm³/mol. The summed E-state index contributed by atoms with van der Waals surface area (Å²) in [6.45, 7) is 3.28. The number of rotatable bonds is 4. The number of ether oxygens (including phenoxy) is 1. The zero-order chi connectivity index (χ0) is 18.0. The summed E-state index contributed by atoms with van der Waals surface area (Å²) < 4.78 is 46.7. The van der Waals surface area contributed by atoms with E-state index in [9.17, 15) is 13.2 Å². The van der Waals surface area contributed by atoms with Crippen molar-refractivity contribution in [1.29, 1.82) is 0 Å². The molecule has 128 valence electrons. The minimum Gasteiger partial charge on any atom is -0.474 e. The maximum atomic E-state index is 14.1. The Bertz CT molecular complexity index is 792. The lowest BCUT2D eigenvalue weighted by atomic mass is 10.1. The monoisotopic (exact) mass is 360 g/mol. The maximum Gasteiger partial charge on any atom is 0.227 e. The van der Waals surface area contributed by atoms with Crippen LogP contribution in [0, 0.1) is 17.5 Å². The third-order valence-electron chi connectivity index (χ3n) is 2.77. The van der Waals surface area contributed by atoms with Gasteiger partial charge in [0.05, 0.1) is 17.2 Å². The first-order valence-electron chi connectivity index (χ1n) is 6.61. The minimum absolute atomic E-state index is 0.295. The average Bonchev–Trinajstić information content (AvgIpc) is 2.47. The summed E-state index contributed by atoms with van der Waals surface area (Å²) in [7, 11) is 0. The van der Waals surface area contributed by atoms with Gasteiger partial charge in [0.2, 0.25) is 17.5 Å². The Morgan fingerprint density at radius 2 is 1.79 bits per heavy atom. The molecule has 0 amide bonds. The number of aromatic nitrogens is 2. The first kappa shape index (κ1) is 17.8. The topological polar surface area (TPSA) is 93.6 Å². The van der Waals surface area contributed by atoms with Crippen LogP contribution in [0.4, 0.5) is 13.2 Å². The molecule has 1 aromatic carbocycles. The molecule has 6 nitrogen and oxygen atoms in total. The molecule has 10 heteroatoms. The number of amidine groups is 1. The third kappa shape index (κ3) is 3.51. The third-order valence-corrected chi connectivity index (χ3v) is 3.05. The van der Waals surface area contributed by atoms with Crippen LogP contribution < -0.4 is 10.5 Å². The Labute approximate surface area is 139 Å². The van der Waals surface area contributed by atoms with Gasteiger partial charge >= 0.3 is 0 Å². The number of oxime groups is 1. The maximum absolute atomic E-state index is 14.1. The van der Waals surface area contributed by atoms with Crippen molar-refractivity contribution in [3.63, 3.8) is 0 Å². The van der Waals surface area contributed by atoms with E-state index in [0.717, 1.165) is 0 Å². The minimum atomic E-state index is -1.21. The van der Waals surface area contributed by atoms with Crippen LogP contribution in [0.1, 0.15) is 19.7 Å². The molecule has 24 heavy (non-hydrogen) atoms. The molecule has 3 N–H and O–H groups in total. The number of hydrogen-bond acceptors (Lipinski definition) is 5. The lowest BCUT2D eigenvalue weighted by Crippen LogP contribution is -2.19. The summed E-state index contributed by atoms with van der Waals surface area (Å²) in [5.41, 5.74) is 4.43. The Hall–Kier alpha value is -2.55. The highest BCUT2D eigenvalue weighted by molar-refractivity contribution is 6.32. The van der Waals surface area contributed by atoms with Gasteiger partial charge in [0.25, 0.3) is 0 Å². The molecule has 0 bridgehead atoms. The summed E-state index contributed by atoms with van der Waals surface area (Å²) in [6.07, 6.45) is -0.443. The van der Waals surface area contributed by atoms with Gasteiger partial charge in [-0.2, -0.15) is 4.98 Å². The van der Waals surface area contributed by atoms with E-state index in [-0.39, 0.29) is 17.3 Å². The molecule has 0 unspecified atom stereocenters. The van der Waals surface area contributed by atoms with Crippen LogP contribution in [0.15, 0.2) is 17.3 Å². The Morgan fingerprint density at radius 1 is 1.21 bits per heavy atom. The van der Waals surface area contributed by atoms with Crippen molar-refractivity contribution in [2.75, 3.05) is 0 Å². The summed E-state index contributed by atoms with van der Waals surface area (Å²) >= 11 is 5.99. The number of hydrogen-bond donors (Lipinski definition) is 2. The zero-order valence-electron chi connectivity index (χ0n) is 12.5. The van der Waals surface area contributed by atoms with Crippen LogP contribution in [0.25, 0.3) is 11.1 Å². The first-order valence-corrected chi connectivity index (χ1v) is 6.99. The van der Waals surface area contributed by atoms with Gasteiger partial charge in [-0.1, -0.05) is 16.8 Å². The SMILES string of the molecule is CC(C)Oc1nc(C(N)=NO)nc(Cl)c1-c1c(F)cc(F)cc1F. The van der Waals surface area contributed by atoms with Crippen molar-refractivity contribution >= 4 is 17.4 Å². The van der Waals surface area contributed by atoms with E-state index in [1.54, 1.807) is 13.8 Å². The van der Waals surface area contributed by atoms with Gasteiger partial charge in [-0.05, 0) is 13.8 Å². The van der Waals surface area contributed by atoms with Crippen LogP contribution in [0.3, 0.4) is 0 Å². The molecule has 0 fully saturated rings. The molecular formula is C14H12ClF3N4O2. The molecule has 2 aromatic rings. The molecule has 0 saturated carbocycles. The van der Waals surface area contributed by atoms with Crippen molar-refractivity contribution in [2.45, 2.75) is 20.0 Å². The summed E-state index contributed by atoms with van der Waals surface area (Å²) in [4.78, 5) is 7.59. The van der Waals surface area contributed by atoms with Crippen LogP contribution >= 0.6 is 11.6 Å². The van der Waals surface area contributed by atoms with Crippen LogP contribution in [-0.2, 0) is 0 Å². The standard InChI is InChI=1S/C14H12ClF3N4O2/c1-5(2)24-14-10(9-7(17)3-6(16)4-8(9)18)11(15)20-13(21-14)12(19)22-23/h3-5,23H,1-2H3,(H2,19,22). The molecule has 1 heterocycles. The molecular weight excluding hydrogens is 349 g/mol. The van der Waals surface area contributed by atoms with E-state index in [0.29, 0.717) is 12.1 Å². The fourth-order valence-electron chi connectivity index (χ4n) is 1.87. The van der Waals surface area contributed by atoms with E-state index in [1.807, 2.05) is 0 Å². The van der Waals surface area contributed by atoms with Crippen molar-refractivity contribution in [3.8, 4) is 17.0 Å². The Kier molecular flexibility index (Phi) is 5.13. The molecule has 2 rings (SSSR count). The number of benzene rings is 1. The van der Waals surface area contributed by atoms with Gasteiger partial charge < -0.3 is 15.7 Å². The summed E-state index contributed by atoms with van der Waals surface area (Å²) in [5, 5.41) is 11.0. The van der Waals surface area contributed by atoms with Crippen LogP contribution in [-0.4, -0.2) is 27.1 Å². The van der Waals surface area contributed by atoms with Gasteiger partial charge in [0.1, 0.15) is 22.6 Å². The second-order valence-corrected chi connectivity index (χ2v) is 5.27. The molecule has 0 atom stereocenters. The number of nitrogens with zero attached hydrogens (tertiary/aromatic N) is 3. The molecule has 0 spiro atoms. The van der Waals surface area contributed by atoms with E-state index in [1.165, 1.54) is 0 Å². The largest absolute Gasteiger partial charge is 0.474 e. The average molecular weight is 361 g/mol. The molecule has 0 aliphatic rings. The van der Waals surface area contributed by atoms with Crippen LogP contribution in [0.2, 0.25) is 5.15 Å². The number of nitrogens with two attached hydrogens (primary N) is 1. The fraction of sp³-hybridized carbons (Fsp3) is 0.214. The van der Waals surface area contributed by atoms with Gasteiger partial charge in [-0.3, -0.25) is 0 Å². The van der Waals surface area contributed by atoms with Gasteiger partial charge in [0.15, 0.2) is 0 Å². The summed E-state index contributed by atoms with van der Waals surface area (Å²) in [5.74, 6) is -4.57. The van der Waals surface area contributed by atoms with Gasteiger partial charge in [-0.25, -0.2) is 18.2 Å². The van der Waals surface area contributed by atoms with Crippen molar-refractivity contribution < 1.29 is 23.1 Å². The van der Waals surface area contributed by atoms with E-state index < -0.39 is 40.1 Å². The van der Waals surface area contributed by atoms with Crippen molar-refractivity contribution in [3.05, 3.63) is 40.6 Å². The predicted octanol–water partition coefficient (Wildman–Crippen LogP) is 3.10. The highest BCUT2D eigenvalue weighted by atomic mass is 35.5. The van der Waals surface area contributed by atoms with Crippen molar-refractivity contribution in [1.82, 2.24) is 9.97 Å². The highest BCUT2D eigenvalue weighted by Gasteiger charge is 2.25. The lowest BCUT2D eigenvalue weighted by molar-refractivity contribution is 0.233. The first-order chi connectivity index (χ1) is 11.2. The van der Waals surface area contributed by atoms with E-state index in [4.69, 9.17) is 27.3 Å². The zero-order valence-corrected chi connectivity index (χ0v) is 13.3. The smallest absolute Gasteiger partial charge is 0.227 e. The Morgan fingerprint density at radius 3 is 2.29 bits per heavy atom. The van der Waals surface area contributed by atoms with Gasteiger partial charge in [-0.15, -0.1) is 0 Å².